The molecule has 0 aromatic rings. The van der Waals surface area contributed by atoms with Crippen LogP contribution in [0.2, 0.25) is 0 Å². The summed E-state index contributed by atoms with van der Waals surface area (Å²) in [5.74, 6) is 1.74. The second kappa shape index (κ2) is 4.84. The third kappa shape index (κ3) is 2.54. The molecule has 0 aromatic heterocycles. The van der Waals surface area contributed by atoms with Crippen molar-refractivity contribution >= 4 is 0 Å². The largest absolute Gasteiger partial charge is 0.381 e. The van der Waals surface area contributed by atoms with E-state index in [-0.39, 0.29) is 5.54 Å². The molecule has 2 nitrogen and oxygen atoms in total. The molecule has 2 fully saturated rings. The minimum Gasteiger partial charge on any atom is -0.381 e. The van der Waals surface area contributed by atoms with Gasteiger partial charge in [-0.05, 0) is 37.5 Å². The van der Waals surface area contributed by atoms with Gasteiger partial charge in [0.25, 0.3) is 0 Å². The summed E-state index contributed by atoms with van der Waals surface area (Å²) in [6.45, 7) is 4.08. The molecule has 0 amide bonds. The molecule has 2 rings (SSSR count). The van der Waals surface area contributed by atoms with Crippen molar-refractivity contribution < 1.29 is 4.74 Å². The zero-order chi connectivity index (χ0) is 10.7. The Labute approximate surface area is 93.6 Å². The van der Waals surface area contributed by atoms with Crippen LogP contribution in [0.25, 0.3) is 0 Å². The number of nitrogens with two attached hydrogens (primary N) is 1. The van der Waals surface area contributed by atoms with E-state index in [1.54, 1.807) is 0 Å². The van der Waals surface area contributed by atoms with E-state index in [1.165, 1.54) is 32.1 Å². The first-order chi connectivity index (χ1) is 7.24. The van der Waals surface area contributed by atoms with E-state index >= 15 is 0 Å². The van der Waals surface area contributed by atoms with Gasteiger partial charge in [0.2, 0.25) is 0 Å². The van der Waals surface area contributed by atoms with E-state index in [2.05, 4.69) is 6.92 Å². The minimum atomic E-state index is 0.108. The molecule has 0 atom stereocenters. The SMILES string of the molecule is CCC1CCC(C2(N)CCOCC2)CC1. The van der Waals surface area contributed by atoms with Crippen LogP contribution in [0.5, 0.6) is 0 Å². The van der Waals surface area contributed by atoms with Crippen LogP contribution in [-0.2, 0) is 4.74 Å². The Balaban J connectivity index is 1.88. The Hall–Kier alpha value is -0.0800. The number of rotatable bonds is 2. The van der Waals surface area contributed by atoms with Crippen molar-refractivity contribution in [2.24, 2.45) is 17.6 Å². The van der Waals surface area contributed by atoms with Crippen LogP contribution >= 0.6 is 0 Å². The number of ether oxygens (including phenoxy) is 1. The first-order valence-electron chi connectivity index (χ1n) is 6.61. The molecular formula is C13H25NO. The maximum absolute atomic E-state index is 6.54. The van der Waals surface area contributed by atoms with Crippen LogP contribution in [0.3, 0.4) is 0 Å². The third-order valence-corrected chi connectivity index (χ3v) is 4.66. The predicted octanol–water partition coefficient (Wildman–Crippen LogP) is 2.71. The molecule has 2 heteroatoms. The summed E-state index contributed by atoms with van der Waals surface area (Å²) in [6.07, 6.45) is 9.03. The molecule has 1 saturated carbocycles. The van der Waals surface area contributed by atoms with Crippen molar-refractivity contribution in [1.29, 1.82) is 0 Å². The first kappa shape index (κ1) is 11.4. The van der Waals surface area contributed by atoms with E-state index < -0.39 is 0 Å². The highest BCUT2D eigenvalue weighted by atomic mass is 16.5. The van der Waals surface area contributed by atoms with Gasteiger partial charge in [0.15, 0.2) is 0 Å². The molecule has 1 heterocycles. The second-order valence-corrected chi connectivity index (χ2v) is 5.47. The Kier molecular flexibility index (Phi) is 3.68. The number of hydrogen-bond acceptors (Lipinski definition) is 2. The maximum atomic E-state index is 6.54. The van der Waals surface area contributed by atoms with Crippen molar-refractivity contribution in [3.63, 3.8) is 0 Å². The van der Waals surface area contributed by atoms with E-state index in [0.29, 0.717) is 0 Å². The van der Waals surface area contributed by atoms with Gasteiger partial charge in [-0.15, -0.1) is 0 Å². The molecule has 0 aromatic carbocycles. The van der Waals surface area contributed by atoms with Crippen molar-refractivity contribution in [3.05, 3.63) is 0 Å². The number of hydrogen-bond donors (Lipinski definition) is 1. The monoisotopic (exact) mass is 211 g/mol. The Morgan fingerprint density at radius 1 is 1.13 bits per heavy atom. The topological polar surface area (TPSA) is 35.2 Å². The van der Waals surface area contributed by atoms with Crippen molar-refractivity contribution in [2.75, 3.05) is 13.2 Å². The van der Waals surface area contributed by atoms with E-state index in [4.69, 9.17) is 10.5 Å². The van der Waals surface area contributed by atoms with E-state index in [1.807, 2.05) is 0 Å². The summed E-state index contributed by atoms with van der Waals surface area (Å²) >= 11 is 0. The standard InChI is InChI=1S/C13H25NO/c1-2-11-3-5-12(6-4-11)13(14)7-9-15-10-8-13/h11-12H,2-10,14H2,1H3. The first-order valence-corrected chi connectivity index (χ1v) is 6.61. The Morgan fingerprint density at radius 2 is 1.73 bits per heavy atom. The quantitative estimate of drug-likeness (QED) is 0.762. The summed E-state index contributed by atoms with van der Waals surface area (Å²) in [5.41, 5.74) is 6.65. The average Bonchev–Trinajstić information content (AvgIpc) is 2.30. The molecule has 15 heavy (non-hydrogen) atoms. The fourth-order valence-corrected chi connectivity index (χ4v) is 3.31. The lowest BCUT2D eigenvalue weighted by molar-refractivity contribution is 0.0176. The van der Waals surface area contributed by atoms with Crippen molar-refractivity contribution in [1.82, 2.24) is 0 Å². The summed E-state index contributed by atoms with van der Waals surface area (Å²) in [4.78, 5) is 0. The maximum Gasteiger partial charge on any atom is 0.0483 e. The van der Waals surface area contributed by atoms with Gasteiger partial charge in [-0.3, -0.25) is 0 Å². The van der Waals surface area contributed by atoms with Crippen LogP contribution in [0.1, 0.15) is 51.9 Å². The molecule has 88 valence electrons. The summed E-state index contributed by atoms with van der Waals surface area (Å²) in [7, 11) is 0. The fourth-order valence-electron chi connectivity index (χ4n) is 3.31. The molecular weight excluding hydrogens is 186 g/mol. The second-order valence-electron chi connectivity index (χ2n) is 5.47. The fraction of sp³-hybridized carbons (Fsp3) is 1.00. The molecule has 0 bridgehead atoms. The van der Waals surface area contributed by atoms with Gasteiger partial charge in [-0.25, -0.2) is 0 Å². The zero-order valence-electron chi connectivity index (χ0n) is 10.0. The predicted molar refractivity (Wildman–Crippen MR) is 62.7 cm³/mol. The van der Waals surface area contributed by atoms with Gasteiger partial charge in [-0.1, -0.05) is 26.2 Å². The van der Waals surface area contributed by atoms with Crippen molar-refractivity contribution in [2.45, 2.75) is 57.4 Å². The minimum absolute atomic E-state index is 0.108. The highest BCUT2D eigenvalue weighted by molar-refractivity contribution is 4.94. The molecule has 1 aliphatic heterocycles. The van der Waals surface area contributed by atoms with Crippen LogP contribution in [0, 0.1) is 11.8 Å². The molecule has 1 saturated heterocycles. The average molecular weight is 211 g/mol. The lowest BCUT2D eigenvalue weighted by Crippen LogP contribution is -2.52. The lowest BCUT2D eigenvalue weighted by Gasteiger charge is -2.43. The Morgan fingerprint density at radius 3 is 2.27 bits per heavy atom. The molecule has 0 radical (unpaired) electrons. The molecule has 2 aliphatic rings. The van der Waals surface area contributed by atoms with Crippen LogP contribution < -0.4 is 5.73 Å². The van der Waals surface area contributed by atoms with Crippen LogP contribution in [-0.4, -0.2) is 18.8 Å². The van der Waals surface area contributed by atoms with Gasteiger partial charge in [0, 0.05) is 18.8 Å². The van der Waals surface area contributed by atoms with Crippen LogP contribution in [0.4, 0.5) is 0 Å². The lowest BCUT2D eigenvalue weighted by atomic mass is 9.69. The van der Waals surface area contributed by atoms with Gasteiger partial charge in [0.05, 0.1) is 0 Å². The van der Waals surface area contributed by atoms with Gasteiger partial charge in [-0.2, -0.15) is 0 Å². The smallest absolute Gasteiger partial charge is 0.0483 e. The van der Waals surface area contributed by atoms with Gasteiger partial charge in [0.1, 0.15) is 0 Å². The summed E-state index contributed by atoms with van der Waals surface area (Å²) < 4.78 is 5.42. The van der Waals surface area contributed by atoms with Crippen LogP contribution in [0.15, 0.2) is 0 Å². The summed E-state index contributed by atoms with van der Waals surface area (Å²) in [6, 6.07) is 0. The zero-order valence-corrected chi connectivity index (χ0v) is 10.0. The normalized spacial score (nSPS) is 36.4. The molecule has 0 unspecified atom stereocenters. The van der Waals surface area contributed by atoms with Gasteiger partial charge < -0.3 is 10.5 Å². The molecule has 1 aliphatic carbocycles. The van der Waals surface area contributed by atoms with E-state index in [9.17, 15) is 0 Å². The van der Waals surface area contributed by atoms with Gasteiger partial charge >= 0.3 is 0 Å². The molecule has 2 N–H and O–H groups in total. The third-order valence-electron chi connectivity index (χ3n) is 4.66. The van der Waals surface area contributed by atoms with Crippen molar-refractivity contribution in [3.8, 4) is 0 Å². The van der Waals surface area contributed by atoms with E-state index in [0.717, 1.165) is 37.9 Å². The highest BCUT2D eigenvalue weighted by Gasteiger charge is 2.38. The Bertz CT molecular complexity index is 191. The summed E-state index contributed by atoms with van der Waals surface area (Å²) in [5, 5.41) is 0. The molecule has 0 spiro atoms. The highest BCUT2D eigenvalue weighted by Crippen LogP contribution is 2.39.